The summed E-state index contributed by atoms with van der Waals surface area (Å²) in [6, 6.07) is 8.26. The van der Waals surface area contributed by atoms with Crippen LogP contribution in [0.2, 0.25) is 0 Å². The number of phenolic OH excluding ortho intramolecular Hbond substituents is 2. The molecule has 0 saturated carbocycles. The van der Waals surface area contributed by atoms with Gasteiger partial charge in [0, 0.05) is 12.2 Å². The molecule has 0 bridgehead atoms. The molecule has 4 saturated heterocycles. The molecule has 396 valence electrons. The highest BCUT2D eigenvalue weighted by Gasteiger charge is 2.64. The van der Waals surface area contributed by atoms with Gasteiger partial charge in [-0.1, -0.05) is 12.1 Å². The van der Waals surface area contributed by atoms with Gasteiger partial charge in [0.25, 0.3) is 0 Å². The summed E-state index contributed by atoms with van der Waals surface area (Å²) in [6.07, 6.45) is -23.2. The molecule has 0 unspecified atom stereocenters. The monoisotopic (exact) mass is 1020 g/mol. The smallest absolute Gasteiger partial charge is 0.331 e. The number of rotatable bonds is 21. The zero-order valence-corrected chi connectivity index (χ0v) is 37.9. The van der Waals surface area contributed by atoms with Crippen LogP contribution in [0.4, 0.5) is 0 Å². The van der Waals surface area contributed by atoms with Crippen LogP contribution in [0.1, 0.15) is 11.1 Å². The van der Waals surface area contributed by atoms with Crippen molar-refractivity contribution in [2.75, 3.05) is 60.5 Å². The Bertz CT molecular complexity index is 2180. The first kappa shape index (κ1) is 55.6. The predicted molar refractivity (Wildman–Crippen MR) is 229 cm³/mol. The van der Waals surface area contributed by atoms with E-state index in [1.165, 1.54) is 62.8 Å². The maximum absolute atomic E-state index is 13.2. The molecule has 6 rings (SSSR count). The highest BCUT2D eigenvalue weighted by molar-refractivity contribution is 5.88. The normalized spacial score (nSPS) is 37.2. The Morgan fingerprint density at radius 2 is 1.07 bits per heavy atom. The van der Waals surface area contributed by atoms with Gasteiger partial charge >= 0.3 is 11.9 Å². The van der Waals surface area contributed by atoms with Crippen molar-refractivity contribution in [1.82, 2.24) is 0 Å². The van der Waals surface area contributed by atoms with Crippen LogP contribution in [0.25, 0.3) is 12.2 Å². The number of phenols is 2. The van der Waals surface area contributed by atoms with Gasteiger partial charge in [-0.3, -0.25) is 0 Å². The summed E-state index contributed by atoms with van der Waals surface area (Å²) >= 11 is 0. The summed E-state index contributed by atoms with van der Waals surface area (Å²) < 4.78 is 61.3. The SMILES string of the molecule is COc1cc(C=CC(=O)OC[C@H]2O[C@H](O[C@]3(CO[C@]4(CO[C@]5(CO)O[C@H](CO)[C@@H](O)[C@@H]5OC(=O)C=Cc5ccc(O)c(OC)c5)O[C@H](CO)[C@@H](O)[C@@H]4O)O[C@H](CO)[C@@H](O)[C@@H]3O)[C@H](O)[C@@H](O)[C@@H]2O)ccc1O. The fraction of sp³-hybridized carbons (Fsp3) is 0.591. The third-order valence-corrected chi connectivity index (χ3v) is 12.1. The lowest BCUT2D eigenvalue weighted by molar-refractivity contribution is -0.404. The van der Waals surface area contributed by atoms with Crippen LogP contribution in [-0.2, 0) is 52.2 Å². The minimum atomic E-state index is -2.85. The Kier molecular flexibility index (Phi) is 18.4. The molecule has 27 heteroatoms. The van der Waals surface area contributed by atoms with Crippen LogP contribution in [0.3, 0.4) is 0 Å². The molecule has 0 amide bonds. The first-order valence-electron chi connectivity index (χ1n) is 21.8. The number of methoxy groups -OCH3 is 2. The second-order valence-electron chi connectivity index (χ2n) is 16.7. The summed E-state index contributed by atoms with van der Waals surface area (Å²) in [6.45, 7) is -7.50. The zero-order chi connectivity index (χ0) is 52.0. The Labute approximate surface area is 402 Å². The molecule has 71 heavy (non-hydrogen) atoms. The van der Waals surface area contributed by atoms with Crippen LogP contribution in [-0.4, -0.2) is 247 Å². The molecule has 4 aliphatic rings. The largest absolute Gasteiger partial charge is 0.504 e. The first-order valence-corrected chi connectivity index (χ1v) is 21.8. The van der Waals surface area contributed by atoms with E-state index in [1.807, 2.05) is 0 Å². The summed E-state index contributed by atoms with van der Waals surface area (Å²) in [5.74, 6) is -10.6. The van der Waals surface area contributed by atoms with Crippen molar-refractivity contribution in [2.24, 2.45) is 0 Å². The molecule has 0 spiro atoms. The van der Waals surface area contributed by atoms with Crippen LogP contribution in [0.15, 0.2) is 48.6 Å². The number of carbonyl (C=O) groups is 2. The number of hydrogen-bond acceptors (Lipinski definition) is 27. The number of carbonyl (C=O) groups excluding carboxylic acids is 2. The van der Waals surface area contributed by atoms with E-state index in [2.05, 4.69) is 0 Å². The predicted octanol–water partition coefficient (Wildman–Crippen LogP) is -5.79. The van der Waals surface area contributed by atoms with Crippen LogP contribution in [0, 0.1) is 0 Å². The molecular formula is C44H58O27. The molecule has 0 aromatic heterocycles. The highest BCUT2D eigenvalue weighted by atomic mass is 16.8. The van der Waals surface area contributed by atoms with Gasteiger partial charge in [-0.25, -0.2) is 9.59 Å². The van der Waals surface area contributed by atoms with Crippen LogP contribution in [0.5, 0.6) is 23.0 Å². The summed E-state index contributed by atoms with van der Waals surface area (Å²) in [5, 5.41) is 149. The number of benzene rings is 2. The van der Waals surface area contributed by atoms with E-state index < -0.39 is 161 Å². The number of aliphatic hydroxyl groups is 12. The Morgan fingerprint density at radius 1 is 0.592 bits per heavy atom. The quantitative estimate of drug-likeness (QED) is 0.0409. The standard InChI is InChI=1S/C44H58O27/c1-61-24-11-20(3-7-22(24)49)5-9-30(51)63-16-29-32(53)36(57)37(58)41(66-29)71-44(39(60)34(55)27(14-46)70-44)19-65-43(38(59)33(54)26(13-45)69-43)18-64-42(17-48)40(35(56)28(15-47)68-42)67-31(52)10-6-21-4-8-23(50)25(12-21)62-2/h3-12,26-29,32-41,45-50,53-60H,13-19H2,1-2H3/t26-,27-,28-,29-,32-,33-,34-,35-,36+,37-,38+,39+,40+,41-,42-,43-,44+/m1/s1. The fourth-order valence-corrected chi connectivity index (χ4v) is 8.08. The second-order valence-corrected chi connectivity index (χ2v) is 16.7. The molecule has 17 atom stereocenters. The lowest BCUT2D eigenvalue weighted by atomic mass is 9.98. The van der Waals surface area contributed by atoms with Gasteiger partial charge in [0.15, 0.2) is 35.4 Å². The minimum Gasteiger partial charge on any atom is -0.504 e. The number of aromatic hydroxyl groups is 2. The van der Waals surface area contributed by atoms with E-state index in [0.29, 0.717) is 11.1 Å². The first-order chi connectivity index (χ1) is 33.7. The van der Waals surface area contributed by atoms with Crippen LogP contribution < -0.4 is 9.47 Å². The van der Waals surface area contributed by atoms with Gasteiger partial charge in [0.05, 0.1) is 34.0 Å². The Morgan fingerprint density at radius 3 is 1.59 bits per heavy atom. The van der Waals surface area contributed by atoms with Gasteiger partial charge in [0.1, 0.15) is 99.7 Å². The highest BCUT2D eigenvalue weighted by Crippen LogP contribution is 2.43. The second kappa shape index (κ2) is 23.4. The van der Waals surface area contributed by atoms with Crippen molar-refractivity contribution in [3.8, 4) is 23.0 Å². The van der Waals surface area contributed by atoms with E-state index in [9.17, 15) is 81.1 Å². The van der Waals surface area contributed by atoms with Crippen molar-refractivity contribution < 1.29 is 133 Å². The maximum atomic E-state index is 13.2. The third kappa shape index (κ3) is 11.7. The van der Waals surface area contributed by atoms with E-state index in [1.54, 1.807) is 0 Å². The van der Waals surface area contributed by atoms with Crippen molar-refractivity contribution in [1.29, 1.82) is 0 Å². The molecule has 27 nitrogen and oxygen atoms in total. The molecular weight excluding hydrogens is 960 g/mol. The lowest BCUT2D eigenvalue weighted by Gasteiger charge is -2.45. The topological polar surface area (TPSA) is 419 Å². The van der Waals surface area contributed by atoms with Crippen molar-refractivity contribution >= 4 is 24.1 Å². The molecule has 0 aliphatic carbocycles. The van der Waals surface area contributed by atoms with Crippen molar-refractivity contribution in [2.45, 2.75) is 103 Å². The van der Waals surface area contributed by atoms with Gasteiger partial charge in [-0.2, -0.15) is 0 Å². The van der Waals surface area contributed by atoms with Gasteiger partial charge < -0.3 is 124 Å². The van der Waals surface area contributed by atoms with Gasteiger partial charge in [-0.05, 0) is 47.5 Å². The molecule has 4 aliphatic heterocycles. The molecule has 14 N–H and O–H groups in total. The van der Waals surface area contributed by atoms with Crippen molar-refractivity contribution in [3.63, 3.8) is 0 Å². The lowest BCUT2D eigenvalue weighted by Crippen LogP contribution is -2.64. The third-order valence-electron chi connectivity index (χ3n) is 12.1. The Balaban J connectivity index is 1.23. The number of hydrogen-bond donors (Lipinski definition) is 14. The summed E-state index contributed by atoms with van der Waals surface area (Å²) in [5.41, 5.74) is 0.751. The van der Waals surface area contributed by atoms with Gasteiger partial charge in [-0.15, -0.1) is 0 Å². The average Bonchev–Trinajstić information content (AvgIpc) is 3.89. The zero-order valence-electron chi connectivity index (χ0n) is 37.9. The van der Waals surface area contributed by atoms with Gasteiger partial charge in [0.2, 0.25) is 17.4 Å². The number of aliphatic hydroxyl groups excluding tert-OH is 12. The van der Waals surface area contributed by atoms with Crippen molar-refractivity contribution in [3.05, 3.63) is 59.7 Å². The molecule has 4 fully saturated rings. The van der Waals surface area contributed by atoms with Crippen LogP contribution >= 0.6 is 0 Å². The number of ether oxygens (including phenoxy) is 11. The average molecular weight is 1020 g/mol. The van der Waals surface area contributed by atoms with E-state index >= 15 is 0 Å². The molecule has 4 heterocycles. The van der Waals surface area contributed by atoms with E-state index in [0.717, 1.165) is 12.2 Å². The summed E-state index contributed by atoms with van der Waals surface area (Å²) in [4.78, 5) is 25.8. The number of esters is 2. The van der Waals surface area contributed by atoms with E-state index in [4.69, 9.17) is 52.1 Å². The Hall–Kier alpha value is -4.70. The molecule has 0 radical (unpaired) electrons. The minimum absolute atomic E-state index is 0.0678. The molecule has 2 aromatic rings. The fourth-order valence-electron chi connectivity index (χ4n) is 8.08. The summed E-state index contributed by atoms with van der Waals surface area (Å²) in [7, 11) is 2.61. The maximum Gasteiger partial charge on any atom is 0.331 e. The molecule has 2 aromatic carbocycles. The van der Waals surface area contributed by atoms with E-state index in [-0.39, 0.29) is 23.0 Å².